The van der Waals surface area contributed by atoms with Gasteiger partial charge in [0.05, 0.1) is 33.4 Å². The number of amides is 2. The maximum atomic E-state index is 12.2. The highest BCUT2D eigenvalue weighted by atomic mass is 16.5. The van der Waals surface area contributed by atoms with E-state index in [1.807, 2.05) is 30.3 Å². The van der Waals surface area contributed by atoms with E-state index in [9.17, 15) is 4.79 Å². The first-order chi connectivity index (χ1) is 13.6. The lowest BCUT2D eigenvalue weighted by atomic mass is 10.2. The van der Waals surface area contributed by atoms with Crippen molar-refractivity contribution in [3.63, 3.8) is 0 Å². The molecule has 3 rings (SSSR count). The normalized spacial score (nSPS) is 10.2. The number of ether oxygens (including phenoxy) is 3. The van der Waals surface area contributed by atoms with Crippen LogP contribution in [-0.4, -0.2) is 37.6 Å². The predicted molar refractivity (Wildman–Crippen MR) is 102 cm³/mol. The molecule has 146 valence electrons. The van der Waals surface area contributed by atoms with Gasteiger partial charge in [0, 0.05) is 12.1 Å². The van der Waals surface area contributed by atoms with E-state index in [-0.39, 0.29) is 6.01 Å². The maximum absolute atomic E-state index is 12.2. The molecule has 0 fully saturated rings. The molecule has 2 amide bonds. The van der Waals surface area contributed by atoms with Crippen LogP contribution >= 0.6 is 0 Å². The number of benzene rings is 2. The van der Waals surface area contributed by atoms with Crippen LogP contribution in [0.5, 0.6) is 17.2 Å². The number of nitrogens with zero attached hydrogens (tertiary/aromatic N) is 2. The number of hydrogen-bond donors (Lipinski definition) is 2. The highest BCUT2D eigenvalue weighted by molar-refractivity contribution is 5.98. The largest absolute Gasteiger partial charge is 0.493 e. The number of urea groups is 1. The Balaban J connectivity index is 1.66. The average Bonchev–Trinajstić information content (AvgIpc) is 3.14. The molecule has 9 heteroatoms. The van der Waals surface area contributed by atoms with Crippen molar-refractivity contribution in [2.24, 2.45) is 0 Å². The van der Waals surface area contributed by atoms with Crippen molar-refractivity contribution in [3.8, 4) is 17.2 Å². The molecular weight excluding hydrogens is 364 g/mol. The summed E-state index contributed by atoms with van der Waals surface area (Å²) in [6.45, 7) is 0. The Morgan fingerprint density at radius 1 is 0.964 bits per heavy atom. The summed E-state index contributed by atoms with van der Waals surface area (Å²) in [5.74, 6) is 1.66. The van der Waals surface area contributed by atoms with E-state index in [1.165, 1.54) is 21.3 Å². The number of rotatable bonds is 7. The summed E-state index contributed by atoms with van der Waals surface area (Å²) in [6.07, 6.45) is 0.476. The molecule has 0 unspecified atom stereocenters. The van der Waals surface area contributed by atoms with Crippen LogP contribution in [0.3, 0.4) is 0 Å². The molecule has 2 N–H and O–H groups in total. The van der Waals surface area contributed by atoms with Gasteiger partial charge in [-0.3, -0.25) is 5.32 Å². The number of carbonyl (C=O) groups excluding carboxylic acids is 1. The third-order valence-corrected chi connectivity index (χ3v) is 3.81. The van der Waals surface area contributed by atoms with Gasteiger partial charge in [-0.2, -0.15) is 0 Å². The second-order valence-corrected chi connectivity index (χ2v) is 5.66. The number of hydrogen-bond acceptors (Lipinski definition) is 7. The van der Waals surface area contributed by atoms with E-state index in [4.69, 9.17) is 18.6 Å². The fraction of sp³-hybridized carbons (Fsp3) is 0.211. The van der Waals surface area contributed by atoms with E-state index >= 15 is 0 Å². The van der Waals surface area contributed by atoms with Crippen LogP contribution in [0, 0.1) is 0 Å². The molecule has 0 spiro atoms. The third kappa shape index (κ3) is 4.50. The minimum Gasteiger partial charge on any atom is -0.493 e. The minimum absolute atomic E-state index is 0.00382. The summed E-state index contributed by atoms with van der Waals surface area (Å²) >= 11 is 0. The Morgan fingerprint density at radius 3 is 2.25 bits per heavy atom. The first-order valence-corrected chi connectivity index (χ1v) is 8.37. The van der Waals surface area contributed by atoms with Crippen LogP contribution in [0.25, 0.3) is 0 Å². The second-order valence-electron chi connectivity index (χ2n) is 5.66. The molecule has 0 saturated heterocycles. The molecule has 9 nitrogen and oxygen atoms in total. The highest BCUT2D eigenvalue weighted by Crippen LogP contribution is 2.39. The van der Waals surface area contributed by atoms with Crippen LogP contribution in [0.2, 0.25) is 0 Å². The van der Waals surface area contributed by atoms with Crippen LogP contribution in [-0.2, 0) is 6.42 Å². The molecule has 0 saturated carbocycles. The van der Waals surface area contributed by atoms with Gasteiger partial charge in [0.1, 0.15) is 0 Å². The van der Waals surface area contributed by atoms with Crippen LogP contribution < -0.4 is 24.8 Å². The summed E-state index contributed by atoms with van der Waals surface area (Å²) in [7, 11) is 4.49. The molecule has 0 aliphatic rings. The van der Waals surface area contributed by atoms with Crippen molar-refractivity contribution in [2.75, 3.05) is 32.0 Å². The number of carbonyl (C=O) groups is 1. The summed E-state index contributed by atoms with van der Waals surface area (Å²) in [6, 6.07) is 12.3. The van der Waals surface area contributed by atoms with Crippen molar-refractivity contribution < 1.29 is 23.4 Å². The summed E-state index contributed by atoms with van der Waals surface area (Å²) in [5.41, 5.74) is 1.47. The van der Waals surface area contributed by atoms with Gasteiger partial charge in [0.25, 0.3) is 0 Å². The molecule has 0 atom stereocenters. The Morgan fingerprint density at radius 2 is 1.64 bits per heavy atom. The maximum Gasteiger partial charge on any atom is 0.327 e. The van der Waals surface area contributed by atoms with Gasteiger partial charge in [-0.1, -0.05) is 35.4 Å². The topological polar surface area (TPSA) is 108 Å². The van der Waals surface area contributed by atoms with Gasteiger partial charge < -0.3 is 23.9 Å². The minimum atomic E-state index is -0.552. The second kappa shape index (κ2) is 8.76. The van der Waals surface area contributed by atoms with Gasteiger partial charge in [-0.15, -0.1) is 5.10 Å². The zero-order valence-corrected chi connectivity index (χ0v) is 15.7. The summed E-state index contributed by atoms with van der Waals surface area (Å²) < 4.78 is 21.2. The van der Waals surface area contributed by atoms with Gasteiger partial charge in [0.15, 0.2) is 11.5 Å². The van der Waals surface area contributed by atoms with E-state index in [0.29, 0.717) is 35.2 Å². The van der Waals surface area contributed by atoms with Gasteiger partial charge in [-0.25, -0.2) is 4.79 Å². The van der Waals surface area contributed by atoms with Gasteiger partial charge in [-0.05, 0) is 5.56 Å². The first-order valence-electron chi connectivity index (χ1n) is 8.37. The van der Waals surface area contributed by atoms with E-state index in [0.717, 1.165) is 5.56 Å². The Bertz CT molecular complexity index is 918. The Labute approximate surface area is 161 Å². The molecule has 0 aliphatic heterocycles. The van der Waals surface area contributed by atoms with Crippen molar-refractivity contribution in [3.05, 3.63) is 53.9 Å². The fourth-order valence-corrected chi connectivity index (χ4v) is 2.56. The van der Waals surface area contributed by atoms with E-state index in [2.05, 4.69) is 20.8 Å². The number of aromatic nitrogens is 2. The molecule has 1 aromatic heterocycles. The molecular formula is C19H20N4O5. The van der Waals surface area contributed by atoms with Crippen LogP contribution in [0.15, 0.2) is 46.9 Å². The number of nitrogens with one attached hydrogen (secondary N) is 2. The zero-order valence-electron chi connectivity index (χ0n) is 15.7. The monoisotopic (exact) mass is 384 g/mol. The lowest BCUT2D eigenvalue weighted by molar-refractivity contribution is 0.261. The SMILES string of the molecule is COc1cc(NC(=O)Nc2nnc(Cc3ccccc3)o2)cc(OC)c1OC. The Hall–Kier alpha value is -3.75. The smallest absolute Gasteiger partial charge is 0.327 e. The van der Waals surface area contributed by atoms with Crippen molar-refractivity contribution in [1.82, 2.24) is 10.2 Å². The number of anilines is 2. The van der Waals surface area contributed by atoms with Gasteiger partial charge >= 0.3 is 12.0 Å². The number of methoxy groups -OCH3 is 3. The van der Waals surface area contributed by atoms with Gasteiger partial charge in [0.2, 0.25) is 11.6 Å². The first kappa shape index (κ1) is 19.0. The standard InChI is InChI=1S/C19H20N4O5/c1-25-14-10-13(11-15(26-2)17(14)27-3)20-18(24)21-19-23-22-16(28-19)9-12-7-5-4-6-8-12/h4-8,10-11H,9H2,1-3H3,(H2,20,21,23,24). The highest BCUT2D eigenvalue weighted by Gasteiger charge is 2.15. The summed E-state index contributed by atoms with van der Waals surface area (Å²) in [5, 5.41) is 12.9. The van der Waals surface area contributed by atoms with Crippen LogP contribution in [0.4, 0.5) is 16.5 Å². The average molecular weight is 384 g/mol. The molecule has 0 aliphatic carbocycles. The van der Waals surface area contributed by atoms with Crippen molar-refractivity contribution >= 4 is 17.7 Å². The van der Waals surface area contributed by atoms with Crippen LogP contribution in [0.1, 0.15) is 11.5 Å². The summed E-state index contributed by atoms with van der Waals surface area (Å²) in [4.78, 5) is 12.2. The van der Waals surface area contributed by atoms with E-state index in [1.54, 1.807) is 12.1 Å². The molecule has 28 heavy (non-hydrogen) atoms. The molecule has 2 aromatic carbocycles. The van der Waals surface area contributed by atoms with Crippen molar-refractivity contribution in [1.29, 1.82) is 0 Å². The molecule has 1 heterocycles. The van der Waals surface area contributed by atoms with Crippen molar-refractivity contribution in [2.45, 2.75) is 6.42 Å². The molecule has 0 bridgehead atoms. The Kier molecular flexibility index (Phi) is 5.95. The lowest BCUT2D eigenvalue weighted by Gasteiger charge is -2.14. The quantitative estimate of drug-likeness (QED) is 0.643. The zero-order chi connectivity index (χ0) is 19.9. The van der Waals surface area contributed by atoms with E-state index < -0.39 is 6.03 Å². The lowest BCUT2D eigenvalue weighted by Crippen LogP contribution is -2.19. The predicted octanol–water partition coefficient (Wildman–Crippen LogP) is 3.33. The third-order valence-electron chi connectivity index (χ3n) is 3.81. The molecule has 0 radical (unpaired) electrons. The molecule has 3 aromatic rings. The fourth-order valence-electron chi connectivity index (χ4n) is 2.56.